The van der Waals surface area contributed by atoms with Gasteiger partial charge in [-0.2, -0.15) is 0 Å². The minimum absolute atomic E-state index is 0.0354. The van der Waals surface area contributed by atoms with E-state index in [1.54, 1.807) is 7.05 Å². The minimum atomic E-state index is -0.407. The van der Waals surface area contributed by atoms with Crippen LogP contribution in [0.4, 0.5) is 11.5 Å². The molecule has 6 nitrogen and oxygen atoms in total. The largest absolute Gasteiger partial charge is 0.360 e. The van der Waals surface area contributed by atoms with Gasteiger partial charge >= 0.3 is 5.69 Å². The highest BCUT2D eigenvalue weighted by molar-refractivity contribution is 5.54. The molecule has 0 aromatic carbocycles. The summed E-state index contributed by atoms with van der Waals surface area (Å²) in [6, 6.07) is 0.192. The Bertz CT molecular complexity index is 401. The first-order valence-electron chi connectivity index (χ1n) is 6.34. The summed E-state index contributed by atoms with van der Waals surface area (Å²) in [6.07, 6.45) is 4.71. The standard InChI is InChI=1S/C12H22N4O2/c1-9(2)6-5-7-10(3)13-12-11(16(17)18)8-15(4)14-12/h8-10H,5-7H2,1-4H3,(H,13,14). The lowest BCUT2D eigenvalue weighted by atomic mass is 10.0. The molecule has 1 aromatic rings. The highest BCUT2D eigenvalue weighted by Gasteiger charge is 2.19. The van der Waals surface area contributed by atoms with Crippen molar-refractivity contribution in [2.24, 2.45) is 13.0 Å². The lowest BCUT2D eigenvalue weighted by Crippen LogP contribution is -2.16. The van der Waals surface area contributed by atoms with Gasteiger partial charge in [0.2, 0.25) is 5.82 Å². The van der Waals surface area contributed by atoms with Crippen LogP contribution in [0.25, 0.3) is 0 Å². The summed E-state index contributed by atoms with van der Waals surface area (Å²) in [7, 11) is 1.68. The first-order chi connectivity index (χ1) is 8.40. The summed E-state index contributed by atoms with van der Waals surface area (Å²) in [5, 5.41) is 18.0. The predicted molar refractivity (Wildman–Crippen MR) is 71.6 cm³/mol. The van der Waals surface area contributed by atoms with E-state index in [1.807, 2.05) is 6.92 Å². The van der Waals surface area contributed by atoms with E-state index in [0.717, 1.165) is 12.8 Å². The topological polar surface area (TPSA) is 73.0 Å². The molecular formula is C12H22N4O2. The van der Waals surface area contributed by atoms with Crippen molar-refractivity contribution in [2.45, 2.75) is 46.1 Å². The van der Waals surface area contributed by atoms with Crippen LogP contribution < -0.4 is 5.32 Å². The second kappa shape index (κ2) is 6.37. The Morgan fingerprint density at radius 2 is 2.11 bits per heavy atom. The first-order valence-corrected chi connectivity index (χ1v) is 6.34. The Kier molecular flexibility index (Phi) is 5.12. The van der Waals surface area contributed by atoms with E-state index in [9.17, 15) is 10.1 Å². The fourth-order valence-corrected chi connectivity index (χ4v) is 1.85. The average Bonchev–Trinajstić information content (AvgIpc) is 2.58. The molecule has 0 fully saturated rings. The Morgan fingerprint density at radius 1 is 1.44 bits per heavy atom. The molecule has 0 radical (unpaired) electrons. The smallest absolute Gasteiger partial charge is 0.330 e. The van der Waals surface area contributed by atoms with E-state index in [4.69, 9.17) is 0 Å². The maximum absolute atomic E-state index is 10.8. The molecule has 102 valence electrons. The molecule has 1 N–H and O–H groups in total. The van der Waals surface area contributed by atoms with Gasteiger partial charge in [-0.25, -0.2) is 0 Å². The second-order valence-electron chi connectivity index (χ2n) is 5.16. The van der Waals surface area contributed by atoms with E-state index in [1.165, 1.54) is 17.3 Å². The summed E-state index contributed by atoms with van der Waals surface area (Å²) < 4.78 is 1.46. The van der Waals surface area contributed by atoms with Crippen LogP contribution in [-0.2, 0) is 7.05 Å². The predicted octanol–water partition coefficient (Wildman–Crippen LogP) is 2.96. The van der Waals surface area contributed by atoms with Gasteiger partial charge in [-0.1, -0.05) is 26.7 Å². The molecule has 0 bridgehead atoms. The zero-order valence-electron chi connectivity index (χ0n) is 11.5. The summed E-state index contributed by atoms with van der Waals surface area (Å²) in [4.78, 5) is 10.4. The molecule has 0 saturated carbocycles. The van der Waals surface area contributed by atoms with Crippen molar-refractivity contribution in [1.29, 1.82) is 0 Å². The molecule has 1 rings (SSSR count). The molecule has 1 aromatic heterocycles. The Labute approximate surface area is 108 Å². The molecule has 0 amide bonds. The minimum Gasteiger partial charge on any atom is -0.360 e. The summed E-state index contributed by atoms with van der Waals surface area (Å²) in [5.41, 5.74) is 0.0354. The number of nitro groups is 1. The van der Waals surface area contributed by atoms with Gasteiger partial charge in [0.15, 0.2) is 0 Å². The molecule has 0 saturated heterocycles. The van der Waals surface area contributed by atoms with Crippen LogP contribution in [0.5, 0.6) is 0 Å². The molecule has 18 heavy (non-hydrogen) atoms. The molecular weight excluding hydrogens is 232 g/mol. The number of aryl methyl sites for hydroxylation is 1. The Morgan fingerprint density at radius 3 is 2.67 bits per heavy atom. The van der Waals surface area contributed by atoms with Gasteiger partial charge in [0.25, 0.3) is 0 Å². The fraction of sp³-hybridized carbons (Fsp3) is 0.750. The summed E-state index contributed by atoms with van der Waals surface area (Å²) in [6.45, 7) is 6.42. The molecule has 0 spiro atoms. The van der Waals surface area contributed by atoms with Gasteiger partial charge in [-0.05, 0) is 19.3 Å². The van der Waals surface area contributed by atoms with E-state index in [0.29, 0.717) is 11.7 Å². The average molecular weight is 254 g/mol. The lowest BCUT2D eigenvalue weighted by Gasteiger charge is -2.13. The highest BCUT2D eigenvalue weighted by atomic mass is 16.6. The normalized spacial score (nSPS) is 12.7. The van der Waals surface area contributed by atoms with E-state index in [2.05, 4.69) is 24.3 Å². The third-order valence-electron chi connectivity index (χ3n) is 2.81. The maximum Gasteiger partial charge on any atom is 0.330 e. The molecule has 0 aliphatic rings. The molecule has 0 aliphatic carbocycles. The molecule has 1 atom stereocenters. The van der Waals surface area contributed by atoms with Crippen molar-refractivity contribution < 1.29 is 4.92 Å². The number of aromatic nitrogens is 2. The lowest BCUT2D eigenvalue weighted by molar-refractivity contribution is -0.384. The monoisotopic (exact) mass is 254 g/mol. The van der Waals surface area contributed by atoms with Crippen molar-refractivity contribution in [2.75, 3.05) is 5.32 Å². The van der Waals surface area contributed by atoms with E-state index >= 15 is 0 Å². The van der Waals surface area contributed by atoms with Crippen molar-refractivity contribution in [3.05, 3.63) is 16.3 Å². The Hall–Kier alpha value is -1.59. The van der Waals surface area contributed by atoms with Gasteiger partial charge in [-0.15, -0.1) is 5.10 Å². The fourth-order valence-electron chi connectivity index (χ4n) is 1.85. The number of anilines is 1. The van der Waals surface area contributed by atoms with Crippen molar-refractivity contribution in [3.8, 4) is 0 Å². The number of hydrogen-bond acceptors (Lipinski definition) is 4. The molecule has 1 heterocycles. The number of rotatable bonds is 7. The second-order valence-corrected chi connectivity index (χ2v) is 5.16. The number of hydrogen-bond donors (Lipinski definition) is 1. The van der Waals surface area contributed by atoms with Gasteiger partial charge < -0.3 is 5.32 Å². The molecule has 6 heteroatoms. The summed E-state index contributed by atoms with van der Waals surface area (Å²) >= 11 is 0. The number of nitrogens with one attached hydrogen (secondary N) is 1. The molecule has 1 unspecified atom stereocenters. The number of nitrogens with zero attached hydrogens (tertiary/aromatic N) is 3. The van der Waals surface area contributed by atoms with E-state index in [-0.39, 0.29) is 11.7 Å². The SMILES string of the molecule is CC(C)CCCC(C)Nc1nn(C)cc1[N+](=O)[O-]. The van der Waals surface area contributed by atoms with Gasteiger partial charge in [0.05, 0.1) is 4.92 Å². The van der Waals surface area contributed by atoms with Crippen LogP contribution in [0.15, 0.2) is 6.20 Å². The summed E-state index contributed by atoms with van der Waals surface area (Å²) in [5.74, 6) is 1.06. The third-order valence-corrected chi connectivity index (χ3v) is 2.81. The van der Waals surface area contributed by atoms with Crippen molar-refractivity contribution >= 4 is 11.5 Å². The van der Waals surface area contributed by atoms with Crippen LogP contribution in [-0.4, -0.2) is 20.7 Å². The zero-order chi connectivity index (χ0) is 13.7. The van der Waals surface area contributed by atoms with Gasteiger partial charge in [0, 0.05) is 13.1 Å². The molecule has 0 aliphatic heterocycles. The van der Waals surface area contributed by atoms with Crippen LogP contribution in [0.1, 0.15) is 40.0 Å². The zero-order valence-corrected chi connectivity index (χ0v) is 11.5. The maximum atomic E-state index is 10.8. The van der Waals surface area contributed by atoms with Crippen LogP contribution in [0.3, 0.4) is 0 Å². The van der Waals surface area contributed by atoms with Crippen LogP contribution >= 0.6 is 0 Å². The van der Waals surface area contributed by atoms with Crippen LogP contribution in [0.2, 0.25) is 0 Å². The van der Waals surface area contributed by atoms with Crippen LogP contribution in [0, 0.1) is 16.0 Å². The van der Waals surface area contributed by atoms with Crippen molar-refractivity contribution in [1.82, 2.24) is 9.78 Å². The Balaban J connectivity index is 2.53. The van der Waals surface area contributed by atoms with Crippen molar-refractivity contribution in [3.63, 3.8) is 0 Å². The quantitative estimate of drug-likeness (QED) is 0.599. The van der Waals surface area contributed by atoms with Gasteiger partial charge in [0.1, 0.15) is 6.20 Å². The van der Waals surface area contributed by atoms with E-state index < -0.39 is 4.92 Å². The third kappa shape index (κ3) is 4.35. The van der Waals surface area contributed by atoms with Gasteiger partial charge in [-0.3, -0.25) is 14.8 Å². The first kappa shape index (κ1) is 14.5. The highest BCUT2D eigenvalue weighted by Crippen LogP contribution is 2.23.